The molecule has 0 aliphatic rings. The molecule has 0 fully saturated rings. The molecule has 4 heteroatoms. The standard InChI is InChI=1S/C13H16N2O2/c1-4-15-6-5-14-13(15)8-12(16)11-7-9(2)17-10(11)3/h5-7H,4,8H2,1-3H3. The molecule has 0 spiro atoms. The van der Waals surface area contributed by atoms with Crippen molar-refractivity contribution in [2.75, 3.05) is 0 Å². The van der Waals surface area contributed by atoms with Crippen molar-refractivity contribution < 1.29 is 9.21 Å². The lowest BCUT2D eigenvalue weighted by Gasteiger charge is -2.03. The molecule has 0 aliphatic heterocycles. The highest BCUT2D eigenvalue weighted by Gasteiger charge is 2.16. The van der Waals surface area contributed by atoms with Gasteiger partial charge in [-0.05, 0) is 26.8 Å². The molecule has 0 aromatic carbocycles. The highest BCUT2D eigenvalue weighted by molar-refractivity contribution is 5.98. The number of aryl methyl sites for hydroxylation is 3. The average molecular weight is 232 g/mol. The number of furan rings is 1. The van der Waals surface area contributed by atoms with Crippen molar-refractivity contribution in [3.8, 4) is 0 Å². The minimum Gasteiger partial charge on any atom is -0.466 e. The maximum absolute atomic E-state index is 12.1. The number of hydrogen-bond donors (Lipinski definition) is 0. The Morgan fingerprint density at radius 2 is 2.24 bits per heavy atom. The van der Waals surface area contributed by atoms with Crippen molar-refractivity contribution in [1.29, 1.82) is 0 Å². The van der Waals surface area contributed by atoms with E-state index in [1.807, 2.05) is 31.5 Å². The number of carbonyl (C=O) groups excluding carboxylic acids is 1. The first-order valence-electron chi connectivity index (χ1n) is 5.72. The highest BCUT2D eigenvalue weighted by atomic mass is 16.3. The fraction of sp³-hybridized carbons (Fsp3) is 0.385. The van der Waals surface area contributed by atoms with Crippen LogP contribution in [0.4, 0.5) is 0 Å². The zero-order valence-electron chi connectivity index (χ0n) is 10.4. The molecule has 90 valence electrons. The van der Waals surface area contributed by atoms with Gasteiger partial charge in [-0.1, -0.05) is 0 Å². The van der Waals surface area contributed by atoms with Crippen molar-refractivity contribution in [2.24, 2.45) is 0 Å². The molecule has 2 rings (SSSR count). The molecule has 0 bridgehead atoms. The van der Waals surface area contributed by atoms with Crippen LogP contribution in [-0.2, 0) is 13.0 Å². The number of carbonyl (C=O) groups is 1. The lowest BCUT2D eigenvalue weighted by atomic mass is 10.1. The maximum atomic E-state index is 12.1. The molecule has 0 saturated carbocycles. The molecular formula is C13H16N2O2. The van der Waals surface area contributed by atoms with Crippen LogP contribution in [0.15, 0.2) is 22.9 Å². The van der Waals surface area contributed by atoms with Gasteiger partial charge in [0.1, 0.15) is 17.3 Å². The van der Waals surface area contributed by atoms with Crippen LogP contribution in [-0.4, -0.2) is 15.3 Å². The van der Waals surface area contributed by atoms with E-state index in [1.54, 1.807) is 12.3 Å². The lowest BCUT2D eigenvalue weighted by molar-refractivity contribution is 0.0988. The van der Waals surface area contributed by atoms with E-state index >= 15 is 0 Å². The molecule has 0 amide bonds. The van der Waals surface area contributed by atoms with E-state index in [0.29, 0.717) is 17.7 Å². The van der Waals surface area contributed by atoms with Gasteiger partial charge in [0, 0.05) is 18.9 Å². The molecule has 2 aromatic heterocycles. The van der Waals surface area contributed by atoms with Gasteiger partial charge >= 0.3 is 0 Å². The van der Waals surface area contributed by atoms with Crippen LogP contribution in [0.3, 0.4) is 0 Å². The summed E-state index contributed by atoms with van der Waals surface area (Å²) in [6.07, 6.45) is 3.93. The van der Waals surface area contributed by atoms with E-state index in [1.165, 1.54) is 0 Å². The van der Waals surface area contributed by atoms with Gasteiger partial charge in [0.25, 0.3) is 0 Å². The average Bonchev–Trinajstić information content (AvgIpc) is 2.84. The molecule has 2 heterocycles. The van der Waals surface area contributed by atoms with Crippen LogP contribution in [0.5, 0.6) is 0 Å². The Kier molecular flexibility index (Phi) is 3.13. The summed E-state index contributed by atoms with van der Waals surface area (Å²) in [5.74, 6) is 2.31. The van der Waals surface area contributed by atoms with Crippen molar-refractivity contribution in [1.82, 2.24) is 9.55 Å². The smallest absolute Gasteiger partial charge is 0.173 e. The number of nitrogens with zero attached hydrogens (tertiary/aromatic N) is 2. The van der Waals surface area contributed by atoms with Crippen LogP contribution in [0.2, 0.25) is 0 Å². The molecule has 0 aliphatic carbocycles. The predicted octanol–water partition coefficient (Wildman–Crippen LogP) is 2.54. The van der Waals surface area contributed by atoms with Gasteiger partial charge in [0.2, 0.25) is 0 Å². The van der Waals surface area contributed by atoms with E-state index in [9.17, 15) is 4.79 Å². The molecule has 4 nitrogen and oxygen atoms in total. The summed E-state index contributed by atoms with van der Waals surface area (Å²) >= 11 is 0. The maximum Gasteiger partial charge on any atom is 0.173 e. The minimum atomic E-state index is 0.0558. The number of imidazole rings is 1. The van der Waals surface area contributed by atoms with Crippen molar-refractivity contribution in [2.45, 2.75) is 33.7 Å². The Balaban J connectivity index is 2.20. The third kappa shape index (κ3) is 2.30. The fourth-order valence-electron chi connectivity index (χ4n) is 1.94. The summed E-state index contributed by atoms with van der Waals surface area (Å²) in [6.45, 7) is 6.51. The second-order valence-corrected chi connectivity index (χ2v) is 4.06. The molecule has 0 atom stereocenters. The van der Waals surface area contributed by atoms with Gasteiger partial charge < -0.3 is 8.98 Å². The second-order valence-electron chi connectivity index (χ2n) is 4.06. The van der Waals surface area contributed by atoms with Crippen LogP contribution >= 0.6 is 0 Å². The van der Waals surface area contributed by atoms with Crippen molar-refractivity contribution in [3.63, 3.8) is 0 Å². The first-order chi connectivity index (χ1) is 8.11. The molecule has 0 radical (unpaired) electrons. The van der Waals surface area contributed by atoms with Crippen LogP contribution in [0.25, 0.3) is 0 Å². The molecule has 17 heavy (non-hydrogen) atoms. The zero-order valence-corrected chi connectivity index (χ0v) is 10.4. The van der Waals surface area contributed by atoms with Gasteiger partial charge in [-0.3, -0.25) is 4.79 Å². The Morgan fingerprint density at radius 1 is 1.47 bits per heavy atom. The first kappa shape index (κ1) is 11.6. The van der Waals surface area contributed by atoms with Gasteiger partial charge in [0.15, 0.2) is 5.78 Å². The van der Waals surface area contributed by atoms with Gasteiger partial charge in [-0.25, -0.2) is 4.98 Å². The largest absolute Gasteiger partial charge is 0.466 e. The number of aromatic nitrogens is 2. The topological polar surface area (TPSA) is 48.0 Å². The molecular weight excluding hydrogens is 216 g/mol. The highest BCUT2D eigenvalue weighted by Crippen LogP contribution is 2.16. The number of rotatable bonds is 4. The quantitative estimate of drug-likeness (QED) is 0.761. The summed E-state index contributed by atoms with van der Waals surface area (Å²) in [5, 5.41) is 0. The fourth-order valence-corrected chi connectivity index (χ4v) is 1.94. The number of hydrogen-bond acceptors (Lipinski definition) is 3. The summed E-state index contributed by atoms with van der Waals surface area (Å²) in [7, 11) is 0. The van der Waals surface area contributed by atoms with Gasteiger partial charge in [-0.2, -0.15) is 0 Å². The van der Waals surface area contributed by atoms with Gasteiger partial charge in [-0.15, -0.1) is 0 Å². The predicted molar refractivity (Wildman–Crippen MR) is 64.1 cm³/mol. The van der Waals surface area contributed by atoms with E-state index in [2.05, 4.69) is 4.98 Å². The third-order valence-corrected chi connectivity index (χ3v) is 2.80. The van der Waals surface area contributed by atoms with E-state index in [4.69, 9.17) is 4.42 Å². The number of ketones is 1. The van der Waals surface area contributed by atoms with Crippen molar-refractivity contribution >= 4 is 5.78 Å². The van der Waals surface area contributed by atoms with Gasteiger partial charge in [0.05, 0.1) is 12.0 Å². The molecule has 0 N–H and O–H groups in total. The SMILES string of the molecule is CCn1ccnc1CC(=O)c1cc(C)oc1C. The molecule has 0 unspecified atom stereocenters. The van der Waals surface area contributed by atoms with E-state index in [0.717, 1.165) is 18.1 Å². The Hall–Kier alpha value is -1.84. The summed E-state index contributed by atoms with van der Waals surface area (Å²) in [5.41, 5.74) is 0.660. The first-order valence-corrected chi connectivity index (χ1v) is 5.72. The Labute approximate surface area is 100 Å². The van der Waals surface area contributed by atoms with Crippen molar-refractivity contribution in [3.05, 3.63) is 41.4 Å². The minimum absolute atomic E-state index is 0.0558. The lowest BCUT2D eigenvalue weighted by Crippen LogP contribution is -2.09. The van der Waals surface area contributed by atoms with E-state index in [-0.39, 0.29) is 5.78 Å². The summed E-state index contributed by atoms with van der Waals surface area (Å²) in [4.78, 5) is 16.3. The van der Waals surface area contributed by atoms with E-state index < -0.39 is 0 Å². The molecule has 2 aromatic rings. The summed E-state index contributed by atoms with van der Waals surface area (Å²) < 4.78 is 7.34. The zero-order chi connectivity index (χ0) is 12.4. The third-order valence-electron chi connectivity index (χ3n) is 2.80. The Morgan fingerprint density at radius 3 is 2.82 bits per heavy atom. The van der Waals surface area contributed by atoms with Crippen LogP contribution in [0.1, 0.15) is 34.6 Å². The van der Waals surface area contributed by atoms with Crippen LogP contribution < -0.4 is 0 Å². The van der Waals surface area contributed by atoms with Crippen LogP contribution in [0, 0.1) is 13.8 Å². The molecule has 0 saturated heterocycles. The number of Topliss-reactive ketones (excluding diaryl/α,β-unsaturated/α-hetero) is 1. The second kappa shape index (κ2) is 4.57. The monoisotopic (exact) mass is 232 g/mol. The normalized spacial score (nSPS) is 10.8. The summed E-state index contributed by atoms with van der Waals surface area (Å²) in [6, 6.07) is 1.79. The Bertz CT molecular complexity index is 537.